The fourth-order valence-corrected chi connectivity index (χ4v) is 6.08. The second-order valence-corrected chi connectivity index (χ2v) is 10.4. The molecule has 2 aromatic carbocycles. The lowest BCUT2D eigenvalue weighted by Crippen LogP contribution is -2.51. The van der Waals surface area contributed by atoms with Crippen molar-refractivity contribution in [2.24, 2.45) is 28.8 Å². The molecule has 43 heavy (non-hydrogen) atoms. The van der Waals surface area contributed by atoms with Gasteiger partial charge < -0.3 is 20.6 Å². The Morgan fingerprint density at radius 3 is 2.37 bits per heavy atom. The summed E-state index contributed by atoms with van der Waals surface area (Å²) in [7, 11) is 0. The highest BCUT2D eigenvalue weighted by Gasteiger charge is 2.56. The summed E-state index contributed by atoms with van der Waals surface area (Å²) in [4.78, 5) is 43.3. The summed E-state index contributed by atoms with van der Waals surface area (Å²) in [6.07, 6.45) is -9.34. The number of carboxylic acid groups (broad SMARTS) is 1. The molecule has 3 N–H and O–H groups in total. The van der Waals surface area contributed by atoms with E-state index in [-0.39, 0.29) is 47.9 Å². The van der Waals surface area contributed by atoms with Crippen molar-refractivity contribution in [2.75, 3.05) is 11.9 Å². The Kier molecular flexibility index (Phi) is 7.69. The fraction of sp³-hybridized carbons (Fsp3) is 0.357. The van der Waals surface area contributed by atoms with Crippen molar-refractivity contribution in [2.45, 2.75) is 31.2 Å². The summed E-state index contributed by atoms with van der Waals surface area (Å²) in [5, 5.41) is 18.0. The van der Waals surface area contributed by atoms with E-state index in [1.807, 2.05) is 0 Å². The highest BCUT2D eigenvalue weighted by Crippen LogP contribution is 2.54. The van der Waals surface area contributed by atoms with E-state index in [0.717, 1.165) is 6.07 Å². The van der Waals surface area contributed by atoms with Crippen LogP contribution in [0.4, 0.5) is 36.4 Å². The van der Waals surface area contributed by atoms with Gasteiger partial charge in [0.05, 0.1) is 17.0 Å². The number of carbonyl (C=O) groups is 3. The molecule has 3 unspecified atom stereocenters. The third kappa shape index (κ3) is 6.06. The van der Waals surface area contributed by atoms with Gasteiger partial charge in [0.25, 0.3) is 0 Å². The third-order valence-corrected chi connectivity index (χ3v) is 7.84. The molecule has 228 valence electrons. The van der Waals surface area contributed by atoms with Crippen LogP contribution in [-0.4, -0.2) is 47.4 Å². The van der Waals surface area contributed by atoms with Crippen LogP contribution in [0.2, 0.25) is 0 Å². The summed E-state index contributed by atoms with van der Waals surface area (Å²) < 4.78 is 93.7. The monoisotopic (exact) mass is 613 g/mol. The normalized spacial score (nSPS) is 25.8. The number of oxime groups is 1. The Bertz CT molecular complexity index is 1540. The Hall–Kier alpha value is -4.43. The molecule has 2 fully saturated rings. The molecule has 5 rings (SSSR count). The van der Waals surface area contributed by atoms with Crippen LogP contribution in [0, 0.1) is 29.5 Å². The summed E-state index contributed by atoms with van der Waals surface area (Å²) in [6.45, 7) is -0.267. The first-order chi connectivity index (χ1) is 20.1. The SMILES string of the molecule is O=C(O)c1cccc(C2=NOCC2C(=O)N[C@@H]2C3CCC(/C3=C/C(F)(F)F)[C@@H]2C(=O)Nc2ccc(F)c(C(F)(F)F)c2)c1. The Balaban J connectivity index is 1.43. The molecule has 2 amide bonds. The molecule has 0 radical (unpaired) electrons. The summed E-state index contributed by atoms with van der Waals surface area (Å²) in [5.74, 6) is -8.78. The number of hydrogen-bond acceptors (Lipinski definition) is 5. The fourth-order valence-electron chi connectivity index (χ4n) is 6.08. The van der Waals surface area contributed by atoms with Gasteiger partial charge in [0.1, 0.15) is 24.1 Å². The van der Waals surface area contributed by atoms with Crippen LogP contribution in [0.1, 0.15) is 34.3 Å². The van der Waals surface area contributed by atoms with E-state index in [4.69, 9.17) is 4.84 Å². The molecule has 1 aliphatic heterocycles. The Morgan fingerprint density at radius 2 is 1.70 bits per heavy atom. The van der Waals surface area contributed by atoms with Crippen LogP contribution < -0.4 is 10.6 Å². The van der Waals surface area contributed by atoms with Crippen LogP contribution in [0.5, 0.6) is 0 Å². The van der Waals surface area contributed by atoms with Crippen molar-refractivity contribution < 1.29 is 55.1 Å². The molecule has 2 aliphatic carbocycles. The number of amides is 2. The van der Waals surface area contributed by atoms with E-state index < -0.39 is 76.9 Å². The highest BCUT2D eigenvalue weighted by atomic mass is 19.4. The Morgan fingerprint density at radius 1 is 0.977 bits per heavy atom. The molecule has 0 saturated heterocycles. The van der Waals surface area contributed by atoms with Crippen molar-refractivity contribution in [1.29, 1.82) is 0 Å². The van der Waals surface area contributed by atoms with Crippen LogP contribution >= 0.6 is 0 Å². The summed E-state index contributed by atoms with van der Waals surface area (Å²) >= 11 is 0. The first kappa shape index (κ1) is 30.0. The third-order valence-electron chi connectivity index (χ3n) is 7.84. The van der Waals surface area contributed by atoms with Crippen molar-refractivity contribution in [3.05, 3.63) is 76.6 Å². The zero-order valence-electron chi connectivity index (χ0n) is 21.8. The van der Waals surface area contributed by atoms with Gasteiger partial charge in [-0.15, -0.1) is 0 Å². The number of nitrogens with one attached hydrogen (secondary N) is 2. The maximum absolute atomic E-state index is 13.8. The maximum Gasteiger partial charge on any atom is 0.419 e. The average Bonchev–Trinajstić information content (AvgIpc) is 3.62. The molecule has 0 spiro atoms. The van der Waals surface area contributed by atoms with Gasteiger partial charge in [0.2, 0.25) is 11.8 Å². The lowest BCUT2D eigenvalue weighted by molar-refractivity contribution is -0.140. The zero-order chi connectivity index (χ0) is 31.3. The summed E-state index contributed by atoms with van der Waals surface area (Å²) in [6, 6.07) is 6.12. The van der Waals surface area contributed by atoms with Gasteiger partial charge in [-0.2, -0.15) is 26.3 Å². The zero-order valence-corrected chi connectivity index (χ0v) is 21.8. The van der Waals surface area contributed by atoms with Gasteiger partial charge in [0, 0.05) is 29.3 Å². The topological polar surface area (TPSA) is 117 Å². The molecule has 2 saturated carbocycles. The number of aromatic carboxylic acids is 1. The lowest BCUT2D eigenvalue weighted by atomic mass is 9.83. The quantitative estimate of drug-likeness (QED) is 0.308. The van der Waals surface area contributed by atoms with Crippen LogP contribution in [0.25, 0.3) is 0 Å². The minimum atomic E-state index is -5.07. The van der Waals surface area contributed by atoms with Crippen molar-refractivity contribution in [1.82, 2.24) is 5.32 Å². The molecule has 8 nitrogen and oxygen atoms in total. The highest BCUT2D eigenvalue weighted by molar-refractivity contribution is 6.14. The molecule has 2 aromatic rings. The number of hydrogen-bond donors (Lipinski definition) is 3. The second kappa shape index (κ2) is 11.0. The van der Waals surface area contributed by atoms with Gasteiger partial charge in [-0.05, 0) is 49.1 Å². The van der Waals surface area contributed by atoms with Crippen LogP contribution in [-0.2, 0) is 20.6 Å². The number of rotatable bonds is 6. The van der Waals surface area contributed by atoms with Gasteiger partial charge in [-0.3, -0.25) is 9.59 Å². The number of nitrogens with zero attached hydrogens (tertiary/aromatic N) is 1. The number of alkyl halides is 6. The molecule has 0 aromatic heterocycles. The van der Waals surface area contributed by atoms with Gasteiger partial charge in [0.15, 0.2) is 0 Å². The van der Waals surface area contributed by atoms with E-state index in [1.165, 1.54) is 24.3 Å². The molecule has 15 heteroatoms. The van der Waals surface area contributed by atoms with E-state index in [2.05, 4.69) is 15.8 Å². The predicted molar refractivity (Wildman–Crippen MR) is 135 cm³/mol. The van der Waals surface area contributed by atoms with Crippen LogP contribution in [0.15, 0.2) is 59.3 Å². The van der Waals surface area contributed by atoms with E-state index in [0.29, 0.717) is 12.1 Å². The Labute approximate surface area is 238 Å². The molecule has 1 heterocycles. The molecular formula is C28H22F7N3O5. The molecule has 5 atom stereocenters. The standard InChI is InChI=1S/C28H22F7N3O5/c29-20-7-4-14(9-19(20)28(33,34)35)36-25(40)21-15-5-6-16(17(15)10-27(30,31)32)23(21)37-24(39)18-11-43-38-22(18)12-2-1-3-13(8-12)26(41)42/h1-4,7-10,15-16,18,21,23H,5-6,11H2,(H,36,40)(H,37,39)(H,41,42)/b17-10-/t15?,16?,18?,21-,23+/m0/s1. The largest absolute Gasteiger partial charge is 0.478 e. The van der Waals surface area contributed by atoms with Crippen LogP contribution in [0.3, 0.4) is 0 Å². The van der Waals surface area contributed by atoms with E-state index >= 15 is 0 Å². The summed E-state index contributed by atoms with van der Waals surface area (Å²) in [5.41, 5.74) is -1.94. The lowest BCUT2D eigenvalue weighted by Gasteiger charge is -2.31. The number of allylic oxidation sites excluding steroid dienone is 1. The van der Waals surface area contributed by atoms with Crippen molar-refractivity contribution >= 4 is 29.2 Å². The number of anilines is 1. The second-order valence-electron chi connectivity index (χ2n) is 10.4. The molecular weight excluding hydrogens is 591 g/mol. The first-order valence-electron chi connectivity index (χ1n) is 12.9. The maximum atomic E-state index is 13.8. The smallest absolute Gasteiger partial charge is 0.419 e. The molecule has 3 aliphatic rings. The minimum absolute atomic E-state index is 0.0711. The first-order valence-corrected chi connectivity index (χ1v) is 12.9. The van der Waals surface area contributed by atoms with Gasteiger partial charge in [-0.1, -0.05) is 22.9 Å². The number of carboxylic acids is 1. The van der Waals surface area contributed by atoms with E-state index in [9.17, 15) is 50.2 Å². The number of fused-ring (bicyclic) bond motifs is 2. The van der Waals surface area contributed by atoms with Gasteiger partial charge in [-0.25, -0.2) is 9.18 Å². The number of carbonyl (C=O) groups excluding carboxylic acids is 2. The van der Waals surface area contributed by atoms with Crippen molar-refractivity contribution in [3.63, 3.8) is 0 Å². The van der Waals surface area contributed by atoms with E-state index in [1.54, 1.807) is 0 Å². The molecule has 2 bridgehead atoms. The minimum Gasteiger partial charge on any atom is -0.478 e. The average molecular weight is 613 g/mol. The predicted octanol–water partition coefficient (Wildman–Crippen LogP) is 5.16. The van der Waals surface area contributed by atoms with Crippen molar-refractivity contribution in [3.8, 4) is 0 Å². The van der Waals surface area contributed by atoms with Gasteiger partial charge >= 0.3 is 18.3 Å². The number of benzene rings is 2. The number of halogens is 7.